The number of aromatic nitrogens is 1. The zero-order valence-electron chi connectivity index (χ0n) is 20.0. The Morgan fingerprint density at radius 2 is 1.69 bits per heavy atom. The normalized spacial score (nSPS) is 13.0. The molecule has 0 saturated carbocycles. The van der Waals surface area contributed by atoms with Gasteiger partial charge >= 0.3 is 6.18 Å². The van der Waals surface area contributed by atoms with E-state index < -0.39 is 11.7 Å². The molecule has 36 heavy (non-hydrogen) atoms. The van der Waals surface area contributed by atoms with Gasteiger partial charge in [0.05, 0.1) is 12.1 Å². The number of benzene rings is 2. The Labute approximate surface area is 206 Å². The number of nitrogens with zero attached hydrogens (tertiary/aromatic N) is 3. The minimum Gasteiger partial charge on any atom is -0.454 e. The fourth-order valence-corrected chi connectivity index (χ4v) is 3.69. The minimum atomic E-state index is -4.40. The molecular weight excluding hydrogens is 477 g/mol. The monoisotopic (exact) mass is 504 g/mol. The molecule has 0 unspecified atom stereocenters. The van der Waals surface area contributed by atoms with E-state index in [0.717, 1.165) is 17.7 Å². The fraction of sp³-hybridized carbons (Fsp3) is 0.360. The Morgan fingerprint density at radius 3 is 2.42 bits per heavy atom. The molecule has 0 radical (unpaired) electrons. The maximum Gasteiger partial charge on any atom is 0.416 e. The van der Waals surface area contributed by atoms with Gasteiger partial charge in [0.1, 0.15) is 6.26 Å². The van der Waals surface area contributed by atoms with Crippen molar-refractivity contribution in [1.82, 2.24) is 20.1 Å². The second-order valence-corrected chi connectivity index (χ2v) is 8.71. The SMILES string of the molecule is CN(C)CCNC(=O)c1coc(CN(Cc2ccc(C(F)(F)F)cc2)Cc2ccc3c(c2)OCO3)n1. The molecule has 11 heteroatoms. The first-order chi connectivity index (χ1) is 17.2. The van der Waals surface area contributed by atoms with Crippen molar-refractivity contribution in [2.75, 3.05) is 34.0 Å². The van der Waals surface area contributed by atoms with E-state index in [1.807, 2.05) is 42.1 Å². The summed E-state index contributed by atoms with van der Waals surface area (Å²) in [6.07, 6.45) is -3.09. The van der Waals surface area contributed by atoms with Crippen LogP contribution >= 0.6 is 0 Å². The maximum atomic E-state index is 13.0. The average Bonchev–Trinajstić information content (AvgIpc) is 3.48. The van der Waals surface area contributed by atoms with Crippen LogP contribution in [0.2, 0.25) is 0 Å². The number of hydrogen-bond donors (Lipinski definition) is 1. The third-order valence-electron chi connectivity index (χ3n) is 5.52. The second kappa shape index (κ2) is 11.0. The number of nitrogens with one attached hydrogen (secondary N) is 1. The van der Waals surface area contributed by atoms with E-state index in [9.17, 15) is 18.0 Å². The van der Waals surface area contributed by atoms with Gasteiger partial charge in [-0.05, 0) is 49.5 Å². The summed E-state index contributed by atoms with van der Waals surface area (Å²) in [4.78, 5) is 20.6. The Kier molecular flexibility index (Phi) is 7.80. The Hall–Kier alpha value is -3.57. The quantitative estimate of drug-likeness (QED) is 0.448. The van der Waals surface area contributed by atoms with Crippen LogP contribution in [0, 0.1) is 0 Å². The smallest absolute Gasteiger partial charge is 0.416 e. The summed E-state index contributed by atoms with van der Waals surface area (Å²) in [6.45, 7) is 2.32. The number of hydrogen-bond acceptors (Lipinski definition) is 7. The number of halogens is 3. The number of ether oxygens (including phenoxy) is 2. The van der Waals surface area contributed by atoms with Crippen molar-refractivity contribution in [3.63, 3.8) is 0 Å². The number of fused-ring (bicyclic) bond motifs is 1. The van der Waals surface area contributed by atoms with E-state index in [4.69, 9.17) is 13.9 Å². The minimum absolute atomic E-state index is 0.157. The summed E-state index contributed by atoms with van der Waals surface area (Å²) in [7, 11) is 3.82. The zero-order valence-corrected chi connectivity index (χ0v) is 20.0. The highest BCUT2D eigenvalue weighted by Gasteiger charge is 2.30. The van der Waals surface area contributed by atoms with Crippen LogP contribution in [0.15, 0.2) is 53.1 Å². The zero-order chi connectivity index (χ0) is 25.7. The molecule has 1 N–H and O–H groups in total. The predicted molar refractivity (Wildman–Crippen MR) is 124 cm³/mol. The number of carbonyl (C=O) groups excluding carboxylic acids is 1. The first kappa shape index (κ1) is 25.5. The summed E-state index contributed by atoms with van der Waals surface area (Å²) in [6, 6.07) is 10.6. The van der Waals surface area contributed by atoms with Gasteiger partial charge in [-0.3, -0.25) is 9.69 Å². The van der Waals surface area contributed by atoms with Crippen LogP contribution in [0.25, 0.3) is 0 Å². The van der Waals surface area contributed by atoms with E-state index in [-0.39, 0.29) is 24.9 Å². The van der Waals surface area contributed by atoms with Gasteiger partial charge in [-0.15, -0.1) is 0 Å². The fourth-order valence-electron chi connectivity index (χ4n) is 3.69. The second-order valence-electron chi connectivity index (χ2n) is 8.71. The average molecular weight is 505 g/mol. The molecule has 0 fully saturated rings. The number of rotatable bonds is 10. The van der Waals surface area contributed by atoms with Crippen molar-refractivity contribution in [3.8, 4) is 11.5 Å². The Bertz CT molecular complexity index is 1180. The van der Waals surface area contributed by atoms with Crippen molar-refractivity contribution >= 4 is 5.91 Å². The van der Waals surface area contributed by atoms with Crippen LogP contribution in [-0.4, -0.2) is 54.7 Å². The first-order valence-corrected chi connectivity index (χ1v) is 11.3. The highest BCUT2D eigenvalue weighted by Crippen LogP contribution is 2.33. The highest BCUT2D eigenvalue weighted by atomic mass is 19.4. The molecule has 0 atom stereocenters. The number of oxazole rings is 1. The van der Waals surface area contributed by atoms with Gasteiger partial charge in [-0.2, -0.15) is 13.2 Å². The van der Waals surface area contributed by atoms with Gasteiger partial charge in [-0.1, -0.05) is 18.2 Å². The van der Waals surface area contributed by atoms with Gasteiger partial charge in [-0.25, -0.2) is 4.98 Å². The van der Waals surface area contributed by atoms with Gasteiger partial charge < -0.3 is 24.1 Å². The number of amides is 1. The summed E-state index contributed by atoms with van der Waals surface area (Å²) >= 11 is 0. The van der Waals surface area contributed by atoms with Gasteiger partial charge in [0.2, 0.25) is 12.7 Å². The van der Waals surface area contributed by atoms with E-state index in [1.54, 1.807) is 0 Å². The lowest BCUT2D eigenvalue weighted by molar-refractivity contribution is -0.137. The van der Waals surface area contributed by atoms with Crippen LogP contribution in [0.1, 0.15) is 33.1 Å². The molecule has 1 aliphatic rings. The van der Waals surface area contributed by atoms with Gasteiger partial charge in [0.15, 0.2) is 17.2 Å². The molecule has 0 saturated heterocycles. The molecule has 192 valence electrons. The number of alkyl halides is 3. The lowest BCUT2D eigenvalue weighted by Gasteiger charge is -2.21. The molecule has 2 heterocycles. The van der Waals surface area contributed by atoms with Crippen LogP contribution in [0.3, 0.4) is 0 Å². The molecular formula is C25H27F3N4O4. The molecule has 1 aliphatic heterocycles. The third-order valence-corrected chi connectivity index (χ3v) is 5.52. The van der Waals surface area contributed by atoms with E-state index in [0.29, 0.717) is 49.1 Å². The van der Waals surface area contributed by atoms with Crippen molar-refractivity contribution in [1.29, 1.82) is 0 Å². The largest absolute Gasteiger partial charge is 0.454 e. The molecule has 1 amide bonds. The predicted octanol–water partition coefficient (Wildman–Crippen LogP) is 3.92. The van der Waals surface area contributed by atoms with Crippen molar-refractivity contribution in [3.05, 3.63) is 77.0 Å². The van der Waals surface area contributed by atoms with Crippen LogP contribution in [0.5, 0.6) is 11.5 Å². The first-order valence-electron chi connectivity index (χ1n) is 11.3. The van der Waals surface area contributed by atoms with E-state index >= 15 is 0 Å². The summed E-state index contributed by atoms with van der Waals surface area (Å²) in [5.74, 6) is 1.28. The van der Waals surface area contributed by atoms with Crippen LogP contribution in [0.4, 0.5) is 13.2 Å². The number of likely N-dealkylation sites (N-methyl/N-ethyl adjacent to an activating group) is 1. The van der Waals surface area contributed by atoms with Crippen molar-refractivity contribution < 1.29 is 31.9 Å². The molecule has 0 aliphatic carbocycles. The number of carbonyl (C=O) groups is 1. The summed E-state index contributed by atoms with van der Waals surface area (Å²) in [5.41, 5.74) is 1.07. The lowest BCUT2D eigenvalue weighted by atomic mass is 10.1. The van der Waals surface area contributed by atoms with Crippen LogP contribution in [-0.2, 0) is 25.8 Å². The molecule has 2 aromatic carbocycles. The maximum absolute atomic E-state index is 13.0. The third kappa shape index (κ3) is 6.76. The topological polar surface area (TPSA) is 80.1 Å². The molecule has 4 rings (SSSR count). The standard InChI is InChI=1S/C25H27F3N4O4/c1-31(2)10-9-29-24(33)20-15-34-23(30-20)14-32(12-17-3-6-19(7-4-17)25(26,27)28)13-18-5-8-21-22(11-18)36-16-35-21/h3-8,11,15H,9-10,12-14,16H2,1-2H3,(H,29,33). The van der Waals surface area contributed by atoms with Crippen LogP contribution < -0.4 is 14.8 Å². The van der Waals surface area contributed by atoms with Crippen molar-refractivity contribution in [2.24, 2.45) is 0 Å². The molecule has 0 spiro atoms. The molecule has 3 aromatic rings. The lowest BCUT2D eigenvalue weighted by Crippen LogP contribution is -2.31. The van der Waals surface area contributed by atoms with Crippen molar-refractivity contribution in [2.45, 2.75) is 25.8 Å². The molecule has 1 aromatic heterocycles. The summed E-state index contributed by atoms with van der Waals surface area (Å²) in [5, 5.41) is 2.78. The van der Waals surface area contributed by atoms with Gasteiger partial charge in [0, 0.05) is 26.2 Å². The summed E-state index contributed by atoms with van der Waals surface area (Å²) < 4.78 is 55.2. The van der Waals surface area contributed by atoms with E-state index in [2.05, 4.69) is 10.3 Å². The Morgan fingerprint density at radius 1 is 1.00 bits per heavy atom. The molecule has 0 bridgehead atoms. The highest BCUT2D eigenvalue weighted by molar-refractivity contribution is 5.91. The van der Waals surface area contributed by atoms with Gasteiger partial charge in [0.25, 0.3) is 5.91 Å². The van der Waals surface area contributed by atoms with E-state index in [1.165, 1.54) is 18.4 Å². The molecule has 8 nitrogen and oxygen atoms in total. The Balaban J connectivity index is 1.48.